The topological polar surface area (TPSA) is 375 Å². The molecule has 320 valence electrons. The number of nitrogen functional groups attached to an aromatic ring is 1. The van der Waals surface area contributed by atoms with Crippen molar-refractivity contribution in [3.63, 3.8) is 0 Å². The first-order valence-corrected chi connectivity index (χ1v) is 22.2. The molecular weight excluding hydrogens is 855 g/mol. The zero-order chi connectivity index (χ0) is 42.9. The summed E-state index contributed by atoms with van der Waals surface area (Å²) in [5.41, 5.74) is 4.91. The minimum atomic E-state index is -5.92. The average molecular weight is 894 g/mol. The SMILES string of the molecule is CC(C)(COP(=O)([O-])OP(=O)([O-])OC[C@H]1O[C@@H](n2cnc3c(N)ncnc32)[C@H](O)[C@@H]1OP(=O)([O-])[O-])[C@@H](O)C(=O)NCCC(=O)NCCSC(=O)C=Cc1ccccc1. The Hall–Kier alpha value is -3.48. The third-order valence-corrected chi connectivity index (χ3v) is 11.8. The predicted octanol–water partition coefficient (Wildman–Crippen LogP) is -2.15. The summed E-state index contributed by atoms with van der Waals surface area (Å²) in [6.07, 6.45) is -4.55. The van der Waals surface area contributed by atoms with Crippen molar-refractivity contribution in [2.24, 2.45) is 5.41 Å². The number of phosphoric ester groups is 3. The molecule has 58 heavy (non-hydrogen) atoms. The number of aromatic nitrogens is 4. The smallest absolute Gasteiger partial charge is 0.274 e. The second-order valence-electron chi connectivity index (χ2n) is 12.9. The Labute approximate surface area is 334 Å². The maximum atomic E-state index is 12.5. The van der Waals surface area contributed by atoms with Crippen molar-refractivity contribution in [1.29, 1.82) is 0 Å². The van der Waals surface area contributed by atoms with E-state index in [1.165, 1.54) is 19.9 Å². The van der Waals surface area contributed by atoms with Crippen molar-refractivity contribution in [1.82, 2.24) is 30.2 Å². The Morgan fingerprint density at radius 3 is 2.43 bits per heavy atom. The maximum Gasteiger partial charge on any atom is 0.274 e. The van der Waals surface area contributed by atoms with Crippen LogP contribution in [0.2, 0.25) is 0 Å². The second-order valence-corrected chi connectivity index (χ2v) is 18.1. The van der Waals surface area contributed by atoms with E-state index in [-0.39, 0.29) is 47.4 Å². The molecule has 6 N–H and O–H groups in total. The fourth-order valence-electron chi connectivity index (χ4n) is 5.04. The van der Waals surface area contributed by atoms with E-state index in [9.17, 15) is 57.9 Å². The fourth-order valence-corrected chi connectivity index (χ4v) is 8.34. The van der Waals surface area contributed by atoms with E-state index in [0.717, 1.165) is 34.5 Å². The quantitative estimate of drug-likeness (QED) is 0.0432. The van der Waals surface area contributed by atoms with Crippen LogP contribution in [-0.4, -0.2) is 103 Å². The van der Waals surface area contributed by atoms with E-state index >= 15 is 0 Å². The highest BCUT2D eigenvalue weighted by Crippen LogP contribution is 2.56. The van der Waals surface area contributed by atoms with Gasteiger partial charge < -0.3 is 69.0 Å². The number of nitrogens with one attached hydrogen (secondary N) is 2. The molecule has 0 bridgehead atoms. The number of anilines is 1. The van der Waals surface area contributed by atoms with Crippen molar-refractivity contribution in [2.75, 3.05) is 37.8 Å². The number of benzene rings is 1. The van der Waals surface area contributed by atoms with Gasteiger partial charge in [-0.25, -0.2) is 19.3 Å². The Bertz CT molecular complexity index is 2090. The molecule has 0 radical (unpaired) electrons. The summed E-state index contributed by atoms with van der Waals surface area (Å²) >= 11 is 0.991. The molecule has 0 spiro atoms. The summed E-state index contributed by atoms with van der Waals surface area (Å²) in [5, 5.41) is 26.0. The van der Waals surface area contributed by atoms with E-state index < -0.39 is 84.6 Å². The van der Waals surface area contributed by atoms with E-state index in [0.29, 0.717) is 0 Å². The van der Waals surface area contributed by atoms with Crippen molar-refractivity contribution < 1.29 is 80.5 Å². The number of ether oxygens (including phenoxy) is 1. The number of hydrogen-bond donors (Lipinski definition) is 5. The number of nitrogens with zero attached hydrogens (tertiary/aromatic N) is 4. The summed E-state index contributed by atoms with van der Waals surface area (Å²) in [6.45, 7) is 0.0322. The van der Waals surface area contributed by atoms with Gasteiger partial charge in [-0.2, -0.15) is 0 Å². The van der Waals surface area contributed by atoms with E-state index in [1.54, 1.807) is 6.08 Å². The number of phosphoric acid groups is 3. The number of fused-ring (bicyclic) bond motifs is 1. The molecule has 2 amide bonds. The lowest BCUT2D eigenvalue weighted by Gasteiger charge is -2.36. The van der Waals surface area contributed by atoms with Gasteiger partial charge in [0.1, 0.15) is 36.3 Å². The number of imidazole rings is 1. The number of aliphatic hydroxyl groups is 2. The zero-order valence-electron chi connectivity index (χ0n) is 30.5. The van der Waals surface area contributed by atoms with Crippen LogP contribution in [0.4, 0.5) is 5.82 Å². The van der Waals surface area contributed by atoms with Crippen LogP contribution in [0.5, 0.6) is 0 Å². The fraction of sp³-hybridized carbons (Fsp3) is 0.467. The lowest BCUT2D eigenvalue weighted by molar-refractivity contribution is -0.347. The molecule has 2 aromatic heterocycles. The van der Waals surface area contributed by atoms with Crippen LogP contribution in [0.25, 0.3) is 17.2 Å². The minimum absolute atomic E-state index is 0.0234. The van der Waals surface area contributed by atoms with Crippen LogP contribution >= 0.6 is 35.2 Å². The highest BCUT2D eigenvalue weighted by molar-refractivity contribution is 8.14. The molecule has 1 fully saturated rings. The van der Waals surface area contributed by atoms with Gasteiger partial charge in [0.2, 0.25) is 16.9 Å². The number of aliphatic hydroxyl groups excluding tert-OH is 2. The van der Waals surface area contributed by atoms with Crippen LogP contribution in [0.1, 0.15) is 32.1 Å². The number of amides is 2. The first kappa shape index (κ1) is 47.2. The van der Waals surface area contributed by atoms with Crippen LogP contribution in [0.3, 0.4) is 0 Å². The highest BCUT2D eigenvalue weighted by atomic mass is 32.2. The normalized spacial score (nSPS) is 21.4. The molecule has 28 heteroatoms. The number of carbonyl (C=O) groups excluding carboxylic acids is 3. The minimum Gasteiger partial charge on any atom is -0.790 e. The molecule has 0 aliphatic carbocycles. The number of rotatable bonds is 21. The third-order valence-electron chi connectivity index (χ3n) is 7.93. The molecule has 0 saturated carbocycles. The number of hydrogen-bond acceptors (Lipinski definition) is 22. The maximum absolute atomic E-state index is 12.5. The second kappa shape index (κ2) is 20.2. The Kier molecular flexibility index (Phi) is 16.4. The Morgan fingerprint density at radius 2 is 1.74 bits per heavy atom. The van der Waals surface area contributed by atoms with Gasteiger partial charge in [0.15, 0.2) is 17.7 Å². The largest absolute Gasteiger partial charge is 0.790 e. The lowest BCUT2D eigenvalue weighted by atomic mass is 9.87. The molecule has 1 aliphatic heterocycles. The first-order chi connectivity index (χ1) is 27.1. The van der Waals surface area contributed by atoms with E-state index in [2.05, 4.69) is 43.5 Å². The standard InChI is InChI=1S/C30H42N7O17P3S/c1-30(2,25(41)28(42)33-11-10-20(38)32-12-13-58-21(39)9-8-18-6-4-3-5-7-18)15-51-57(48,49)54-56(46,47)50-14-19-24(53-55(43,44)45)23(40)29(52-19)37-17-36-22-26(31)34-16-35-27(22)37/h3-9,16-17,19,23-25,29,40-41H,10-15H2,1-2H3,(H,32,38)(H,33,42)(H,46,47)(H,48,49)(H2,31,34,35)(H2,43,44,45)/p-4/t19-,23-,24-,25+,29-/m1/s1. The number of carbonyl (C=O) groups is 3. The molecule has 4 rings (SSSR count). The summed E-state index contributed by atoms with van der Waals surface area (Å²) < 4.78 is 60.5. The van der Waals surface area contributed by atoms with Crippen molar-refractivity contribution in [3.8, 4) is 0 Å². The molecule has 1 aromatic carbocycles. The first-order valence-electron chi connectivity index (χ1n) is 16.8. The van der Waals surface area contributed by atoms with Crippen LogP contribution in [0, 0.1) is 5.41 Å². The van der Waals surface area contributed by atoms with Gasteiger partial charge in [0, 0.05) is 30.7 Å². The van der Waals surface area contributed by atoms with Crippen molar-refractivity contribution in [2.45, 2.75) is 50.9 Å². The van der Waals surface area contributed by atoms with Gasteiger partial charge in [-0.05, 0) is 11.6 Å². The zero-order valence-corrected chi connectivity index (χ0v) is 34.0. The number of thioether (sulfide) groups is 1. The van der Waals surface area contributed by atoms with Crippen molar-refractivity contribution >= 4 is 75.2 Å². The van der Waals surface area contributed by atoms with E-state index in [4.69, 9.17) is 10.5 Å². The van der Waals surface area contributed by atoms with Gasteiger partial charge in [-0.3, -0.25) is 28.1 Å². The molecule has 7 atom stereocenters. The highest BCUT2D eigenvalue weighted by Gasteiger charge is 2.47. The van der Waals surface area contributed by atoms with E-state index in [1.807, 2.05) is 30.3 Å². The predicted molar refractivity (Wildman–Crippen MR) is 194 cm³/mol. The Balaban J connectivity index is 1.21. The summed E-state index contributed by atoms with van der Waals surface area (Å²) in [7, 11) is -17.6. The van der Waals surface area contributed by atoms with Gasteiger partial charge in [0.05, 0.1) is 27.4 Å². The Morgan fingerprint density at radius 1 is 1.05 bits per heavy atom. The molecule has 1 aliphatic rings. The molecule has 3 heterocycles. The van der Waals surface area contributed by atoms with Crippen LogP contribution < -0.4 is 35.9 Å². The molecule has 1 saturated heterocycles. The lowest BCUT2D eigenvalue weighted by Crippen LogP contribution is -2.46. The monoisotopic (exact) mass is 893 g/mol. The molecule has 24 nitrogen and oxygen atoms in total. The van der Waals surface area contributed by atoms with Gasteiger partial charge in [-0.1, -0.05) is 62.0 Å². The third kappa shape index (κ3) is 14.1. The summed E-state index contributed by atoms with van der Waals surface area (Å²) in [4.78, 5) is 96.1. The summed E-state index contributed by atoms with van der Waals surface area (Å²) in [5.74, 6) is -1.29. The van der Waals surface area contributed by atoms with Gasteiger partial charge in [-0.15, -0.1) is 0 Å². The van der Waals surface area contributed by atoms with Gasteiger partial charge in [0.25, 0.3) is 15.6 Å². The molecule has 2 unspecified atom stereocenters. The van der Waals surface area contributed by atoms with Gasteiger partial charge >= 0.3 is 0 Å². The van der Waals surface area contributed by atoms with Crippen molar-refractivity contribution in [3.05, 3.63) is 54.6 Å². The average Bonchev–Trinajstić information content (AvgIpc) is 3.71. The molecule has 3 aromatic rings. The van der Waals surface area contributed by atoms with Crippen LogP contribution in [-0.2, 0) is 50.7 Å². The van der Waals surface area contributed by atoms with Crippen LogP contribution in [0.15, 0.2) is 49.1 Å². The molecular formula is C30H38N7O17P3S-4. The number of nitrogens with two attached hydrogens (primary N) is 1. The summed E-state index contributed by atoms with van der Waals surface area (Å²) in [6, 6.07) is 9.18.